The van der Waals surface area contributed by atoms with Crippen LogP contribution in [0.2, 0.25) is 0 Å². The van der Waals surface area contributed by atoms with Gasteiger partial charge in [0.25, 0.3) is 5.91 Å². The molecule has 1 aromatic heterocycles. The minimum atomic E-state index is -0.742. The Morgan fingerprint density at radius 1 is 0.812 bits per heavy atom. The highest BCUT2D eigenvalue weighted by atomic mass is 16.5. The van der Waals surface area contributed by atoms with E-state index in [1.807, 2.05) is 24.3 Å². The number of methoxy groups -OCH3 is 3. The molecule has 0 saturated carbocycles. The van der Waals surface area contributed by atoms with Gasteiger partial charge in [-0.1, -0.05) is 24.3 Å². The lowest BCUT2D eigenvalue weighted by Crippen LogP contribution is -2.21. The number of nitrogens with one attached hydrogen (secondary N) is 1. The van der Waals surface area contributed by atoms with E-state index in [-0.39, 0.29) is 17.1 Å². The van der Waals surface area contributed by atoms with Crippen molar-refractivity contribution in [3.05, 3.63) is 60.2 Å². The van der Waals surface area contributed by atoms with Crippen LogP contribution in [0.4, 0.5) is 5.69 Å². The number of para-hydroxylation sites is 1. The van der Waals surface area contributed by atoms with Crippen molar-refractivity contribution in [2.45, 2.75) is 0 Å². The fourth-order valence-electron chi connectivity index (χ4n) is 3.46. The second-order valence-electron chi connectivity index (χ2n) is 6.81. The van der Waals surface area contributed by atoms with E-state index >= 15 is 0 Å². The van der Waals surface area contributed by atoms with Gasteiger partial charge < -0.3 is 28.7 Å². The molecule has 0 spiro atoms. The van der Waals surface area contributed by atoms with Gasteiger partial charge >= 0.3 is 5.97 Å². The lowest BCUT2D eigenvalue weighted by atomic mass is 10.1. The molecular formula is C24H21NO7. The number of esters is 1. The highest BCUT2D eigenvalue weighted by molar-refractivity contribution is 6.08. The molecule has 3 aromatic carbocycles. The van der Waals surface area contributed by atoms with Crippen LogP contribution in [0, 0.1) is 0 Å². The summed E-state index contributed by atoms with van der Waals surface area (Å²) in [4.78, 5) is 25.1. The van der Waals surface area contributed by atoms with Crippen LogP contribution >= 0.6 is 0 Å². The van der Waals surface area contributed by atoms with Crippen LogP contribution in [-0.4, -0.2) is 39.8 Å². The summed E-state index contributed by atoms with van der Waals surface area (Å²) in [7, 11) is 4.37. The van der Waals surface area contributed by atoms with Gasteiger partial charge in [0.1, 0.15) is 34.0 Å². The first kappa shape index (κ1) is 21.0. The number of fused-ring (bicyclic) bond motifs is 3. The summed E-state index contributed by atoms with van der Waals surface area (Å²) in [5, 5.41) is 4.51. The van der Waals surface area contributed by atoms with E-state index in [1.54, 1.807) is 30.3 Å². The van der Waals surface area contributed by atoms with E-state index in [0.717, 1.165) is 16.4 Å². The van der Waals surface area contributed by atoms with Crippen molar-refractivity contribution in [1.82, 2.24) is 0 Å². The molecule has 0 bridgehead atoms. The lowest BCUT2D eigenvalue weighted by Gasteiger charge is -2.13. The summed E-state index contributed by atoms with van der Waals surface area (Å²) in [5.41, 5.74) is 1.83. The number of hydrogen-bond acceptors (Lipinski definition) is 7. The van der Waals surface area contributed by atoms with E-state index in [2.05, 4.69) is 5.32 Å². The number of hydrogen-bond donors (Lipinski definition) is 1. The average Bonchev–Trinajstić information content (AvgIpc) is 3.18. The Morgan fingerprint density at radius 2 is 1.50 bits per heavy atom. The predicted molar refractivity (Wildman–Crippen MR) is 119 cm³/mol. The standard InChI is InChI=1S/C24H21NO7/c1-28-18-9-6-10-19(29-2)23(18)24(27)31-13-22(26)25-16-12-20-15(11-21(16)30-3)14-7-4-5-8-17(14)32-20/h4-12H,13H2,1-3H3,(H,25,26). The quantitative estimate of drug-likeness (QED) is 0.430. The van der Waals surface area contributed by atoms with E-state index in [9.17, 15) is 9.59 Å². The Hall–Kier alpha value is -4.20. The van der Waals surface area contributed by atoms with Crippen molar-refractivity contribution in [3.8, 4) is 17.2 Å². The molecule has 0 fully saturated rings. The summed E-state index contributed by atoms with van der Waals surface area (Å²) in [6, 6.07) is 16.0. The first-order chi connectivity index (χ1) is 15.5. The average molecular weight is 435 g/mol. The van der Waals surface area contributed by atoms with Crippen LogP contribution in [0.5, 0.6) is 17.2 Å². The maximum Gasteiger partial charge on any atom is 0.346 e. The molecular weight excluding hydrogens is 414 g/mol. The molecule has 0 aliphatic rings. The third kappa shape index (κ3) is 3.90. The molecule has 0 aliphatic heterocycles. The second kappa shape index (κ2) is 8.89. The van der Waals surface area contributed by atoms with Crippen LogP contribution in [-0.2, 0) is 9.53 Å². The maximum atomic E-state index is 12.6. The van der Waals surface area contributed by atoms with Gasteiger partial charge in [-0.3, -0.25) is 4.79 Å². The maximum absolute atomic E-state index is 12.6. The molecule has 0 unspecified atom stereocenters. The van der Waals surface area contributed by atoms with E-state index in [4.69, 9.17) is 23.4 Å². The molecule has 4 aromatic rings. The number of ether oxygens (including phenoxy) is 4. The summed E-state index contributed by atoms with van der Waals surface area (Å²) in [6.45, 7) is -0.513. The summed E-state index contributed by atoms with van der Waals surface area (Å²) in [6.07, 6.45) is 0. The van der Waals surface area contributed by atoms with Crippen LogP contribution in [0.15, 0.2) is 59.0 Å². The summed E-state index contributed by atoms with van der Waals surface area (Å²) >= 11 is 0. The van der Waals surface area contributed by atoms with Gasteiger partial charge in [0.2, 0.25) is 0 Å². The van der Waals surface area contributed by atoms with Gasteiger partial charge in [-0.25, -0.2) is 4.79 Å². The minimum absolute atomic E-state index is 0.103. The smallest absolute Gasteiger partial charge is 0.346 e. The first-order valence-electron chi connectivity index (χ1n) is 9.73. The molecule has 32 heavy (non-hydrogen) atoms. The van der Waals surface area contributed by atoms with Crippen LogP contribution in [0.3, 0.4) is 0 Å². The molecule has 0 atom stereocenters. The minimum Gasteiger partial charge on any atom is -0.496 e. The van der Waals surface area contributed by atoms with Crippen molar-refractivity contribution in [2.75, 3.05) is 33.3 Å². The molecule has 4 rings (SSSR count). The number of benzene rings is 3. The van der Waals surface area contributed by atoms with Gasteiger partial charge in [0.05, 0.1) is 27.0 Å². The number of carbonyl (C=O) groups is 2. The Balaban J connectivity index is 1.52. The van der Waals surface area contributed by atoms with Gasteiger partial charge in [0.15, 0.2) is 6.61 Å². The molecule has 8 nitrogen and oxygen atoms in total. The molecule has 1 amide bonds. The fraction of sp³-hybridized carbons (Fsp3) is 0.167. The third-order valence-corrected chi connectivity index (χ3v) is 4.94. The van der Waals surface area contributed by atoms with Crippen molar-refractivity contribution >= 4 is 39.5 Å². The monoisotopic (exact) mass is 435 g/mol. The zero-order chi connectivity index (χ0) is 22.7. The first-order valence-corrected chi connectivity index (χ1v) is 9.73. The zero-order valence-corrected chi connectivity index (χ0v) is 17.8. The number of anilines is 1. The van der Waals surface area contributed by atoms with Crippen LogP contribution < -0.4 is 19.5 Å². The molecule has 164 valence electrons. The molecule has 1 N–H and O–H groups in total. The second-order valence-corrected chi connectivity index (χ2v) is 6.81. The molecule has 8 heteroatoms. The topological polar surface area (TPSA) is 96.2 Å². The summed E-state index contributed by atoms with van der Waals surface area (Å²) < 4.78 is 26.9. The molecule has 0 radical (unpaired) electrons. The molecule has 0 aliphatic carbocycles. The Labute approximate surface area is 183 Å². The predicted octanol–water partition coefficient (Wildman–Crippen LogP) is 4.41. The normalized spacial score (nSPS) is 10.7. The van der Waals surface area contributed by atoms with Gasteiger partial charge in [0, 0.05) is 16.8 Å². The Bertz CT molecular complexity index is 1290. The van der Waals surface area contributed by atoms with Gasteiger partial charge in [-0.05, 0) is 24.3 Å². The lowest BCUT2D eigenvalue weighted by molar-refractivity contribution is -0.119. The largest absolute Gasteiger partial charge is 0.496 e. The highest BCUT2D eigenvalue weighted by Crippen LogP contribution is 2.36. The van der Waals surface area contributed by atoms with Crippen molar-refractivity contribution in [3.63, 3.8) is 0 Å². The molecule has 1 heterocycles. The third-order valence-electron chi connectivity index (χ3n) is 4.94. The fourth-order valence-corrected chi connectivity index (χ4v) is 3.46. The van der Waals surface area contributed by atoms with E-state index in [0.29, 0.717) is 17.0 Å². The van der Waals surface area contributed by atoms with Crippen molar-refractivity contribution < 1.29 is 33.0 Å². The van der Waals surface area contributed by atoms with Gasteiger partial charge in [-0.15, -0.1) is 0 Å². The van der Waals surface area contributed by atoms with E-state index in [1.165, 1.54) is 21.3 Å². The number of rotatable bonds is 7. The summed E-state index contributed by atoms with van der Waals surface area (Å²) in [5.74, 6) is -0.260. The van der Waals surface area contributed by atoms with Crippen molar-refractivity contribution in [2.24, 2.45) is 0 Å². The Morgan fingerprint density at radius 3 is 2.19 bits per heavy atom. The Kier molecular flexibility index (Phi) is 5.85. The van der Waals surface area contributed by atoms with Crippen LogP contribution in [0.25, 0.3) is 21.9 Å². The zero-order valence-electron chi connectivity index (χ0n) is 17.8. The number of amides is 1. The molecule has 0 saturated heterocycles. The van der Waals surface area contributed by atoms with Gasteiger partial charge in [-0.2, -0.15) is 0 Å². The van der Waals surface area contributed by atoms with E-state index < -0.39 is 18.5 Å². The van der Waals surface area contributed by atoms with Crippen LogP contribution in [0.1, 0.15) is 10.4 Å². The highest BCUT2D eigenvalue weighted by Gasteiger charge is 2.21. The number of carbonyl (C=O) groups excluding carboxylic acids is 2. The SMILES string of the molecule is COc1cc2c(cc1NC(=O)COC(=O)c1c(OC)cccc1OC)oc1ccccc12. The van der Waals surface area contributed by atoms with Crippen molar-refractivity contribution in [1.29, 1.82) is 0 Å². The number of furan rings is 1.